The van der Waals surface area contributed by atoms with E-state index in [9.17, 15) is 4.79 Å². The molecule has 1 aliphatic heterocycles. The molecule has 1 amide bonds. The minimum atomic E-state index is 0.213. The van der Waals surface area contributed by atoms with Crippen molar-refractivity contribution in [2.24, 2.45) is 5.92 Å². The molecular formula is C11H11NO. The van der Waals surface area contributed by atoms with E-state index in [-0.39, 0.29) is 5.91 Å². The second-order valence-electron chi connectivity index (χ2n) is 3.91. The molecule has 0 saturated carbocycles. The molecular weight excluding hydrogens is 162 g/mol. The average molecular weight is 173 g/mol. The molecule has 2 aliphatic rings. The van der Waals surface area contributed by atoms with Gasteiger partial charge in [-0.3, -0.25) is 4.79 Å². The fourth-order valence-electron chi connectivity index (χ4n) is 2.53. The Morgan fingerprint density at radius 3 is 3.00 bits per heavy atom. The number of hydrogen-bond acceptors (Lipinski definition) is 1. The highest BCUT2D eigenvalue weighted by Crippen LogP contribution is 2.40. The van der Waals surface area contributed by atoms with Gasteiger partial charge in [-0.05, 0) is 23.5 Å². The predicted molar refractivity (Wildman–Crippen MR) is 49.1 cm³/mol. The molecule has 0 radical (unpaired) electrons. The summed E-state index contributed by atoms with van der Waals surface area (Å²) in [6.45, 7) is 0. The molecule has 1 fully saturated rings. The van der Waals surface area contributed by atoms with Crippen LogP contribution in [-0.2, 0) is 11.2 Å². The molecule has 0 bridgehead atoms. The molecule has 0 spiro atoms. The predicted octanol–water partition coefficient (Wildman–Crippen LogP) is 1.42. The Balaban J connectivity index is 2.06. The third-order valence-electron chi connectivity index (χ3n) is 3.11. The third kappa shape index (κ3) is 0.916. The lowest BCUT2D eigenvalue weighted by atomic mass is 10.0. The molecule has 1 aliphatic carbocycles. The summed E-state index contributed by atoms with van der Waals surface area (Å²) < 4.78 is 0. The van der Waals surface area contributed by atoms with Gasteiger partial charge in [-0.25, -0.2) is 0 Å². The molecule has 2 heteroatoms. The number of carbonyl (C=O) groups excluding carboxylic acids is 1. The topological polar surface area (TPSA) is 29.1 Å². The zero-order chi connectivity index (χ0) is 8.84. The standard InChI is InChI=1S/C11H11NO/c13-10-6-8-5-7-3-1-2-4-9(7)11(8)12-10/h1-4,8,11H,5-6H2,(H,12,13)/t8-,11?/m0/s1. The van der Waals surface area contributed by atoms with E-state index in [0.29, 0.717) is 18.4 Å². The van der Waals surface area contributed by atoms with Crippen LogP contribution in [0.25, 0.3) is 0 Å². The van der Waals surface area contributed by atoms with E-state index in [0.717, 1.165) is 6.42 Å². The first-order valence-electron chi connectivity index (χ1n) is 4.72. The summed E-state index contributed by atoms with van der Waals surface area (Å²) in [5.74, 6) is 0.731. The summed E-state index contributed by atoms with van der Waals surface area (Å²) >= 11 is 0. The molecule has 2 nitrogen and oxygen atoms in total. The quantitative estimate of drug-likeness (QED) is 0.631. The average Bonchev–Trinajstić information content (AvgIpc) is 2.60. The minimum Gasteiger partial charge on any atom is -0.349 e. The van der Waals surface area contributed by atoms with Gasteiger partial charge in [-0.2, -0.15) is 0 Å². The zero-order valence-electron chi connectivity index (χ0n) is 7.29. The van der Waals surface area contributed by atoms with Crippen LogP contribution in [0.5, 0.6) is 0 Å². The van der Waals surface area contributed by atoms with Gasteiger partial charge in [0, 0.05) is 6.42 Å². The number of nitrogens with one attached hydrogen (secondary N) is 1. The van der Waals surface area contributed by atoms with Gasteiger partial charge in [0.05, 0.1) is 6.04 Å². The molecule has 1 aromatic carbocycles. The van der Waals surface area contributed by atoms with Crippen LogP contribution < -0.4 is 5.32 Å². The monoisotopic (exact) mass is 173 g/mol. The lowest BCUT2D eigenvalue weighted by Gasteiger charge is -2.08. The van der Waals surface area contributed by atoms with Crippen LogP contribution in [0.2, 0.25) is 0 Å². The number of amides is 1. The van der Waals surface area contributed by atoms with Crippen molar-refractivity contribution in [3.8, 4) is 0 Å². The fourth-order valence-corrected chi connectivity index (χ4v) is 2.53. The summed E-state index contributed by atoms with van der Waals surface area (Å²) in [7, 11) is 0. The molecule has 1 heterocycles. The van der Waals surface area contributed by atoms with Crippen LogP contribution in [0.15, 0.2) is 24.3 Å². The Kier molecular flexibility index (Phi) is 1.29. The Hall–Kier alpha value is -1.31. The second kappa shape index (κ2) is 2.34. The van der Waals surface area contributed by atoms with Crippen LogP contribution in [-0.4, -0.2) is 5.91 Å². The van der Waals surface area contributed by atoms with Crippen molar-refractivity contribution >= 4 is 5.91 Å². The van der Waals surface area contributed by atoms with Gasteiger partial charge in [0.1, 0.15) is 0 Å². The number of rotatable bonds is 0. The largest absolute Gasteiger partial charge is 0.349 e. The number of fused-ring (bicyclic) bond motifs is 3. The highest BCUT2D eigenvalue weighted by molar-refractivity contribution is 5.80. The van der Waals surface area contributed by atoms with Gasteiger partial charge in [0.2, 0.25) is 5.91 Å². The molecule has 2 atom stereocenters. The fraction of sp³-hybridized carbons (Fsp3) is 0.364. The van der Waals surface area contributed by atoms with E-state index in [1.165, 1.54) is 11.1 Å². The maximum Gasteiger partial charge on any atom is 0.220 e. The first kappa shape index (κ1) is 7.13. The molecule has 66 valence electrons. The van der Waals surface area contributed by atoms with E-state index in [4.69, 9.17) is 0 Å². The lowest BCUT2D eigenvalue weighted by Crippen LogP contribution is -2.18. The number of hydrogen-bond donors (Lipinski definition) is 1. The highest BCUT2D eigenvalue weighted by Gasteiger charge is 2.39. The molecule has 13 heavy (non-hydrogen) atoms. The molecule has 1 saturated heterocycles. The van der Waals surface area contributed by atoms with Crippen molar-refractivity contribution < 1.29 is 4.79 Å². The highest BCUT2D eigenvalue weighted by atomic mass is 16.2. The SMILES string of the molecule is O=C1C[C@@H]2Cc3ccccc3C2N1. The molecule has 1 aromatic rings. The van der Waals surface area contributed by atoms with Crippen LogP contribution in [0, 0.1) is 5.92 Å². The van der Waals surface area contributed by atoms with Crippen LogP contribution in [0.3, 0.4) is 0 Å². The number of carbonyl (C=O) groups is 1. The van der Waals surface area contributed by atoms with Crippen molar-refractivity contribution in [2.75, 3.05) is 0 Å². The van der Waals surface area contributed by atoms with Gasteiger partial charge < -0.3 is 5.32 Å². The van der Waals surface area contributed by atoms with Gasteiger partial charge in [-0.1, -0.05) is 24.3 Å². The maximum atomic E-state index is 11.2. The molecule has 1 unspecified atom stereocenters. The Morgan fingerprint density at radius 1 is 1.23 bits per heavy atom. The number of benzene rings is 1. The lowest BCUT2D eigenvalue weighted by molar-refractivity contribution is -0.119. The van der Waals surface area contributed by atoms with Crippen molar-refractivity contribution in [1.82, 2.24) is 5.32 Å². The van der Waals surface area contributed by atoms with E-state index < -0.39 is 0 Å². The summed E-state index contributed by atoms with van der Waals surface area (Å²) in [6, 6.07) is 8.72. The van der Waals surface area contributed by atoms with Crippen molar-refractivity contribution in [3.63, 3.8) is 0 Å². The van der Waals surface area contributed by atoms with E-state index >= 15 is 0 Å². The van der Waals surface area contributed by atoms with E-state index in [1.54, 1.807) is 0 Å². The molecule has 0 aromatic heterocycles. The van der Waals surface area contributed by atoms with Gasteiger partial charge in [-0.15, -0.1) is 0 Å². The minimum absolute atomic E-state index is 0.213. The van der Waals surface area contributed by atoms with Crippen LogP contribution in [0.1, 0.15) is 23.6 Å². The Morgan fingerprint density at radius 2 is 2.08 bits per heavy atom. The molecule has 1 N–H and O–H groups in total. The maximum absolute atomic E-state index is 11.2. The zero-order valence-corrected chi connectivity index (χ0v) is 7.29. The van der Waals surface area contributed by atoms with Crippen molar-refractivity contribution in [3.05, 3.63) is 35.4 Å². The van der Waals surface area contributed by atoms with Crippen LogP contribution >= 0.6 is 0 Å². The normalized spacial score (nSPS) is 29.7. The van der Waals surface area contributed by atoms with E-state index in [1.807, 2.05) is 6.07 Å². The van der Waals surface area contributed by atoms with Crippen molar-refractivity contribution in [2.45, 2.75) is 18.9 Å². The van der Waals surface area contributed by atoms with E-state index in [2.05, 4.69) is 23.5 Å². The summed E-state index contributed by atoms with van der Waals surface area (Å²) in [5, 5.41) is 3.03. The van der Waals surface area contributed by atoms with Gasteiger partial charge >= 0.3 is 0 Å². The Labute approximate surface area is 77.0 Å². The second-order valence-corrected chi connectivity index (χ2v) is 3.91. The summed E-state index contributed by atoms with van der Waals surface area (Å²) in [6.07, 6.45) is 1.78. The van der Waals surface area contributed by atoms with Gasteiger partial charge in [0.15, 0.2) is 0 Å². The van der Waals surface area contributed by atoms with Crippen LogP contribution in [0.4, 0.5) is 0 Å². The molecule has 3 rings (SSSR count). The Bertz CT molecular complexity index is 372. The van der Waals surface area contributed by atoms with Gasteiger partial charge in [0.25, 0.3) is 0 Å². The third-order valence-corrected chi connectivity index (χ3v) is 3.11. The van der Waals surface area contributed by atoms with Crippen molar-refractivity contribution in [1.29, 1.82) is 0 Å². The summed E-state index contributed by atoms with van der Waals surface area (Å²) in [5.41, 5.74) is 2.75. The first-order chi connectivity index (χ1) is 6.34. The first-order valence-corrected chi connectivity index (χ1v) is 4.72. The summed E-state index contributed by atoms with van der Waals surface area (Å²) in [4.78, 5) is 11.2. The smallest absolute Gasteiger partial charge is 0.220 e.